The summed E-state index contributed by atoms with van der Waals surface area (Å²) in [5, 5.41) is 21.1. The number of carbonyl (C=O) groups excluding carboxylic acids is 4. The molecule has 3 fully saturated rings. The Bertz CT molecular complexity index is 673. The number of nitrogens with zero attached hydrogens (tertiary/aromatic N) is 1. The van der Waals surface area contributed by atoms with Gasteiger partial charge in [-0.05, 0) is 44.9 Å². The lowest BCUT2D eigenvalue weighted by molar-refractivity contribution is -0.135. The van der Waals surface area contributed by atoms with E-state index in [0.717, 1.165) is 44.9 Å². The number of urea groups is 1. The molecule has 3 aliphatic rings. The molecule has 2 aliphatic heterocycles. The lowest BCUT2D eigenvalue weighted by Gasteiger charge is -2.38. The number of likely N-dealkylation sites (tertiary alicyclic amines) is 1. The zero-order valence-corrected chi connectivity index (χ0v) is 18.1. The van der Waals surface area contributed by atoms with Gasteiger partial charge in [-0.25, -0.2) is 4.79 Å². The largest absolute Gasteiger partial charge is 0.381 e. The third-order valence-electron chi connectivity index (χ3n) is 6.49. The highest BCUT2D eigenvalue weighted by atomic mass is 16.3. The number of rotatable bonds is 6. The molecule has 0 aromatic heterocycles. The average molecular weight is 438 g/mol. The molecule has 2 atom stereocenters. The van der Waals surface area contributed by atoms with E-state index in [1.807, 2.05) is 0 Å². The third kappa shape index (κ3) is 6.09. The van der Waals surface area contributed by atoms with Gasteiger partial charge >= 0.3 is 6.03 Å². The number of hydrogen-bond donors (Lipinski definition) is 5. The van der Waals surface area contributed by atoms with Crippen molar-refractivity contribution in [2.45, 2.75) is 81.9 Å². The van der Waals surface area contributed by atoms with E-state index in [9.17, 15) is 24.3 Å². The second-order valence-electron chi connectivity index (χ2n) is 8.84. The second kappa shape index (κ2) is 10.8. The number of aliphatic hydroxyl groups excluding tert-OH is 1. The molecule has 2 heterocycles. The number of aliphatic hydroxyl groups is 1. The summed E-state index contributed by atoms with van der Waals surface area (Å²) in [5.41, 5.74) is -1.02. The van der Waals surface area contributed by atoms with Gasteiger partial charge < -0.3 is 31.3 Å². The molecule has 174 valence electrons. The Morgan fingerprint density at radius 3 is 2.48 bits per heavy atom. The molecule has 0 aromatic carbocycles. The van der Waals surface area contributed by atoms with Crippen LogP contribution in [0.4, 0.5) is 4.79 Å². The monoisotopic (exact) mass is 437 g/mol. The van der Waals surface area contributed by atoms with Crippen molar-refractivity contribution in [3.05, 3.63) is 0 Å². The number of carbonyl (C=O) groups is 4. The summed E-state index contributed by atoms with van der Waals surface area (Å²) < 4.78 is 0. The zero-order chi connectivity index (χ0) is 22.3. The second-order valence-corrected chi connectivity index (χ2v) is 8.84. The minimum atomic E-state index is -1.48. The average Bonchev–Trinajstić information content (AvgIpc) is 3.24. The van der Waals surface area contributed by atoms with Crippen molar-refractivity contribution in [3.8, 4) is 0 Å². The van der Waals surface area contributed by atoms with E-state index in [1.165, 1.54) is 0 Å². The van der Waals surface area contributed by atoms with Crippen LogP contribution in [0.15, 0.2) is 0 Å². The molecule has 5 amide bonds. The number of amides is 5. The quantitative estimate of drug-likeness (QED) is 0.390. The van der Waals surface area contributed by atoms with Gasteiger partial charge in [0.15, 0.2) is 0 Å². The summed E-state index contributed by atoms with van der Waals surface area (Å²) in [5.74, 6) is -1.33. The molecule has 10 heteroatoms. The normalized spacial score (nSPS) is 24.5. The summed E-state index contributed by atoms with van der Waals surface area (Å²) in [6, 6.07) is -0.906. The van der Waals surface area contributed by atoms with Gasteiger partial charge in [-0.3, -0.25) is 14.4 Å². The van der Waals surface area contributed by atoms with Crippen molar-refractivity contribution in [1.82, 2.24) is 26.2 Å². The first kappa shape index (κ1) is 23.3. The maximum Gasteiger partial charge on any atom is 0.318 e. The van der Waals surface area contributed by atoms with Crippen LogP contribution in [0, 0.1) is 0 Å². The molecule has 0 radical (unpaired) electrons. The van der Waals surface area contributed by atoms with Crippen LogP contribution in [-0.4, -0.2) is 77.6 Å². The fourth-order valence-electron chi connectivity index (χ4n) is 4.56. The Balaban J connectivity index is 1.53. The smallest absolute Gasteiger partial charge is 0.318 e. The van der Waals surface area contributed by atoms with Gasteiger partial charge in [0.1, 0.15) is 17.7 Å². The maximum absolute atomic E-state index is 13.0. The molecule has 2 saturated heterocycles. The van der Waals surface area contributed by atoms with Crippen LogP contribution < -0.4 is 21.3 Å². The molecule has 5 N–H and O–H groups in total. The Labute approximate surface area is 182 Å². The molecule has 1 aliphatic carbocycles. The highest BCUT2D eigenvalue weighted by Crippen LogP contribution is 2.29. The first-order valence-corrected chi connectivity index (χ1v) is 11.5. The van der Waals surface area contributed by atoms with Crippen LogP contribution in [-0.2, 0) is 14.4 Å². The van der Waals surface area contributed by atoms with Crippen molar-refractivity contribution in [2.75, 3.05) is 26.2 Å². The van der Waals surface area contributed by atoms with Crippen LogP contribution in [0.5, 0.6) is 0 Å². The van der Waals surface area contributed by atoms with E-state index in [-0.39, 0.29) is 24.4 Å². The lowest BCUT2D eigenvalue weighted by Crippen LogP contribution is -2.62. The molecular formula is C21H35N5O5. The fourth-order valence-corrected chi connectivity index (χ4v) is 4.56. The molecule has 0 unspecified atom stereocenters. The SMILES string of the molecule is O=C(N[C@H]1CCCCNC1=O)[C@H](O)CNC(=O)C1(NC(=O)N2CCCC2)CCCCC1. The number of hydrogen-bond acceptors (Lipinski definition) is 5. The fraction of sp³-hybridized carbons (Fsp3) is 0.810. The van der Waals surface area contributed by atoms with Crippen LogP contribution in [0.3, 0.4) is 0 Å². The Morgan fingerprint density at radius 2 is 1.77 bits per heavy atom. The van der Waals surface area contributed by atoms with E-state index in [0.29, 0.717) is 38.9 Å². The Kier molecular flexibility index (Phi) is 8.11. The molecule has 0 spiro atoms. The summed E-state index contributed by atoms with van der Waals surface area (Å²) in [6.07, 6.45) is 6.34. The summed E-state index contributed by atoms with van der Waals surface area (Å²) in [6.45, 7) is 1.68. The molecule has 31 heavy (non-hydrogen) atoms. The molecule has 0 aromatic rings. The minimum absolute atomic E-state index is 0.229. The first-order chi connectivity index (χ1) is 14.9. The highest BCUT2D eigenvalue weighted by molar-refractivity contribution is 5.92. The highest BCUT2D eigenvalue weighted by Gasteiger charge is 2.42. The maximum atomic E-state index is 13.0. The summed E-state index contributed by atoms with van der Waals surface area (Å²) in [7, 11) is 0. The molecule has 1 saturated carbocycles. The van der Waals surface area contributed by atoms with Crippen LogP contribution in [0.1, 0.15) is 64.2 Å². The van der Waals surface area contributed by atoms with Gasteiger partial charge in [-0.15, -0.1) is 0 Å². The standard InChI is InChI=1S/C21H35N5O5/c27-16(18(29)24-15-8-2-5-11-22-17(15)28)14-23-19(30)21(9-3-1-4-10-21)25-20(31)26-12-6-7-13-26/h15-16,27H,1-14H2,(H,22,28)(H,23,30)(H,24,29)(H,25,31)/t15-,16+/m0/s1. The van der Waals surface area contributed by atoms with Crippen molar-refractivity contribution in [1.29, 1.82) is 0 Å². The van der Waals surface area contributed by atoms with Gasteiger partial charge in [0.05, 0.1) is 6.54 Å². The topological polar surface area (TPSA) is 140 Å². The van der Waals surface area contributed by atoms with Gasteiger partial charge in [-0.1, -0.05) is 19.3 Å². The molecular weight excluding hydrogens is 402 g/mol. The Morgan fingerprint density at radius 1 is 1.06 bits per heavy atom. The van der Waals surface area contributed by atoms with E-state index < -0.39 is 23.6 Å². The van der Waals surface area contributed by atoms with Gasteiger partial charge in [0.2, 0.25) is 11.8 Å². The van der Waals surface area contributed by atoms with E-state index in [4.69, 9.17) is 0 Å². The van der Waals surface area contributed by atoms with Crippen molar-refractivity contribution >= 4 is 23.8 Å². The van der Waals surface area contributed by atoms with Gasteiger partial charge in [0.25, 0.3) is 5.91 Å². The van der Waals surface area contributed by atoms with Crippen molar-refractivity contribution < 1.29 is 24.3 Å². The zero-order valence-electron chi connectivity index (χ0n) is 18.1. The Hall–Kier alpha value is -2.36. The van der Waals surface area contributed by atoms with Crippen molar-refractivity contribution in [2.24, 2.45) is 0 Å². The van der Waals surface area contributed by atoms with Crippen LogP contribution in [0.25, 0.3) is 0 Å². The van der Waals surface area contributed by atoms with E-state index in [2.05, 4.69) is 21.3 Å². The van der Waals surface area contributed by atoms with Crippen LogP contribution >= 0.6 is 0 Å². The first-order valence-electron chi connectivity index (χ1n) is 11.5. The molecule has 3 rings (SSSR count). The van der Waals surface area contributed by atoms with Crippen LogP contribution in [0.2, 0.25) is 0 Å². The lowest BCUT2D eigenvalue weighted by atomic mass is 9.81. The number of nitrogens with one attached hydrogen (secondary N) is 4. The van der Waals surface area contributed by atoms with E-state index >= 15 is 0 Å². The van der Waals surface area contributed by atoms with Gasteiger partial charge in [0, 0.05) is 19.6 Å². The van der Waals surface area contributed by atoms with E-state index in [1.54, 1.807) is 4.90 Å². The molecule has 0 bridgehead atoms. The minimum Gasteiger partial charge on any atom is -0.381 e. The predicted octanol–water partition coefficient (Wildman–Crippen LogP) is -0.243. The van der Waals surface area contributed by atoms with Crippen molar-refractivity contribution in [3.63, 3.8) is 0 Å². The molecule has 10 nitrogen and oxygen atoms in total. The predicted molar refractivity (Wildman–Crippen MR) is 113 cm³/mol. The summed E-state index contributed by atoms with van der Waals surface area (Å²) >= 11 is 0. The third-order valence-corrected chi connectivity index (χ3v) is 6.49. The summed E-state index contributed by atoms with van der Waals surface area (Å²) in [4.78, 5) is 51.7. The van der Waals surface area contributed by atoms with Gasteiger partial charge in [-0.2, -0.15) is 0 Å².